The number of rotatable bonds is 10. The predicted molar refractivity (Wildman–Crippen MR) is 98.4 cm³/mol. The first-order chi connectivity index (χ1) is 10.8. The van der Waals surface area contributed by atoms with Gasteiger partial charge in [0, 0.05) is 0 Å². The number of nitrogens with one attached hydrogen (secondary N) is 1. The van der Waals surface area contributed by atoms with E-state index in [2.05, 4.69) is 42.1 Å². The zero-order valence-electron chi connectivity index (χ0n) is 14.5. The molecule has 0 radical (unpaired) electrons. The predicted octanol–water partition coefficient (Wildman–Crippen LogP) is 5.01. The van der Waals surface area contributed by atoms with E-state index in [4.69, 9.17) is 0 Å². The Morgan fingerprint density at radius 3 is 2.00 bits per heavy atom. The van der Waals surface area contributed by atoms with Crippen LogP contribution in [0, 0.1) is 0 Å². The monoisotopic (exact) mass is 409 g/mol. The molecule has 0 saturated carbocycles. The van der Waals surface area contributed by atoms with Crippen molar-refractivity contribution in [3.8, 4) is 0 Å². The van der Waals surface area contributed by atoms with Crippen molar-refractivity contribution in [2.45, 2.75) is 72.6 Å². The van der Waals surface area contributed by atoms with E-state index >= 15 is 0 Å². The van der Waals surface area contributed by atoms with Gasteiger partial charge in [-0.25, -0.2) is 0 Å². The molecular formula is C18H31N3Sn. The fourth-order valence-corrected chi connectivity index (χ4v) is 20.1. The number of pyridine rings is 1. The molecule has 2 rings (SSSR count). The third kappa shape index (κ3) is 4.03. The second-order valence-corrected chi connectivity index (χ2v) is 19.7. The van der Waals surface area contributed by atoms with Gasteiger partial charge in [0.25, 0.3) is 0 Å². The van der Waals surface area contributed by atoms with Gasteiger partial charge >= 0.3 is 139 Å². The third-order valence-corrected chi connectivity index (χ3v) is 20.6. The molecule has 1 N–H and O–H groups in total. The Morgan fingerprint density at radius 2 is 1.45 bits per heavy atom. The first-order valence-corrected chi connectivity index (χ1v) is 16.5. The zero-order chi connectivity index (χ0) is 15.8. The number of hydrogen-bond donors (Lipinski definition) is 1. The Bertz CT molecular complexity index is 542. The van der Waals surface area contributed by atoms with Gasteiger partial charge in [-0.05, 0) is 0 Å². The van der Waals surface area contributed by atoms with Crippen molar-refractivity contribution in [3.63, 3.8) is 0 Å². The summed E-state index contributed by atoms with van der Waals surface area (Å²) < 4.78 is 6.08. The summed E-state index contributed by atoms with van der Waals surface area (Å²) in [5, 5.41) is 8.78. The molecule has 22 heavy (non-hydrogen) atoms. The first kappa shape index (κ1) is 17.8. The molecule has 0 aromatic carbocycles. The topological polar surface area (TPSA) is 41.6 Å². The van der Waals surface area contributed by atoms with Gasteiger partial charge in [0.15, 0.2) is 0 Å². The Kier molecular flexibility index (Phi) is 7.19. The van der Waals surface area contributed by atoms with Crippen molar-refractivity contribution in [3.05, 3.63) is 18.6 Å². The average molecular weight is 408 g/mol. The van der Waals surface area contributed by atoms with Crippen LogP contribution in [0.1, 0.15) is 59.3 Å². The van der Waals surface area contributed by atoms with E-state index in [1.807, 2.05) is 12.4 Å². The molecule has 0 atom stereocenters. The molecule has 2 aromatic heterocycles. The SMILES string of the molecule is CCC[CH2][Sn]([CH2]CCC)([CH2]CCC)[c]1cncc2[nH]ncc12. The van der Waals surface area contributed by atoms with Crippen LogP contribution >= 0.6 is 0 Å². The molecule has 0 amide bonds. The molecule has 0 spiro atoms. The molecular weight excluding hydrogens is 377 g/mol. The van der Waals surface area contributed by atoms with Crippen LogP contribution < -0.4 is 3.58 Å². The number of H-pyrrole nitrogens is 1. The Morgan fingerprint density at radius 1 is 0.864 bits per heavy atom. The first-order valence-electron chi connectivity index (χ1n) is 9.05. The van der Waals surface area contributed by atoms with E-state index in [9.17, 15) is 0 Å². The van der Waals surface area contributed by atoms with Gasteiger partial charge in [0.05, 0.1) is 0 Å². The van der Waals surface area contributed by atoms with Crippen LogP contribution in [-0.4, -0.2) is 33.6 Å². The van der Waals surface area contributed by atoms with Crippen molar-refractivity contribution in [2.75, 3.05) is 0 Å². The summed E-state index contributed by atoms with van der Waals surface area (Å²) in [7, 11) is 0. The van der Waals surface area contributed by atoms with Gasteiger partial charge in [-0.1, -0.05) is 0 Å². The van der Waals surface area contributed by atoms with Crippen molar-refractivity contribution >= 4 is 32.9 Å². The third-order valence-electron chi connectivity index (χ3n) is 4.96. The minimum absolute atomic E-state index is 1.13. The van der Waals surface area contributed by atoms with Crippen molar-refractivity contribution in [1.29, 1.82) is 0 Å². The molecule has 4 heteroatoms. The van der Waals surface area contributed by atoms with Crippen molar-refractivity contribution < 1.29 is 0 Å². The van der Waals surface area contributed by atoms with Crippen molar-refractivity contribution in [1.82, 2.24) is 15.2 Å². The van der Waals surface area contributed by atoms with Crippen LogP contribution in [-0.2, 0) is 0 Å². The molecule has 3 nitrogen and oxygen atoms in total. The van der Waals surface area contributed by atoms with E-state index in [1.54, 1.807) is 3.58 Å². The number of fused-ring (bicyclic) bond motifs is 1. The summed E-state index contributed by atoms with van der Waals surface area (Å²) in [5.41, 5.74) is 1.13. The average Bonchev–Trinajstić information content (AvgIpc) is 3.03. The molecule has 0 aliphatic carbocycles. The van der Waals surface area contributed by atoms with E-state index in [1.165, 1.54) is 57.2 Å². The minimum atomic E-state index is -2.39. The number of nitrogens with zero attached hydrogens (tertiary/aromatic N) is 2. The van der Waals surface area contributed by atoms with Crippen LogP contribution in [0.4, 0.5) is 0 Å². The summed E-state index contributed by atoms with van der Waals surface area (Å²) in [6.45, 7) is 6.98. The number of aromatic nitrogens is 3. The van der Waals surface area contributed by atoms with E-state index in [-0.39, 0.29) is 0 Å². The van der Waals surface area contributed by atoms with Crippen LogP contribution in [0.15, 0.2) is 18.6 Å². The van der Waals surface area contributed by atoms with Gasteiger partial charge in [0.1, 0.15) is 0 Å². The van der Waals surface area contributed by atoms with Gasteiger partial charge in [-0.15, -0.1) is 0 Å². The van der Waals surface area contributed by atoms with Gasteiger partial charge in [0.2, 0.25) is 0 Å². The van der Waals surface area contributed by atoms with E-state index < -0.39 is 18.4 Å². The van der Waals surface area contributed by atoms with Gasteiger partial charge in [-0.2, -0.15) is 0 Å². The molecule has 0 aliphatic heterocycles. The van der Waals surface area contributed by atoms with E-state index in [0.29, 0.717) is 0 Å². The fourth-order valence-electron chi connectivity index (χ4n) is 3.61. The molecule has 0 saturated heterocycles. The summed E-state index contributed by atoms with van der Waals surface area (Å²) in [6, 6.07) is 0. The quantitative estimate of drug-likeness (QED) is 0.562. The van der Waals surface area contributed by atoms with Gasteiger partial charge in [-0.3, -0.25) is 0 Å². The Labute approximate surface area is 139 Å². The molecule has 0 unspecified atom stereocenters. The molecule has 2 aromatic rings. The summed E-state index contributed by atoms with van der Waals surface area (Å²) in [5.74, 6) is 0. The molecule has 0 fully saturated rings. The fraction of sp³-hybridized carbons (Fsp3) is 0.667. The van der Waals surface area contributed by atoms with Gasteiger partial charge < -0.3 is 0 Å². The summed E-state index contributed by atoms with van der Waals surface area (Å²) in [6.07, 6.45) is 14.3. The molecule has 0 bridgehead atoms. The Hall–Kier alpha value is -0.581. The number of unbranched alkanes of at least 4 members (excludes halogenated alkanes) is 3. The zero-order valence-corrected chi connectivity index (χ0v) is 17.3. The molecule has 0 aliphatic rings. The number of aromatic amines is 1. The second-order valence-electron chi connectivity index (χ2n) is 6.61. The Balaban J connectivity index is 2.45. The van der Waals surface area contributed by atoms with Crippen LogP contribution in [0.3, 0.4) is 0 Å². The van der Waals surface area contributed by atoms with E-state index in [0.717, 1.165) is 5.52 Å². The van der Waals surface area contributed by atoms with Crippen molar-refractivity contribution in [2.24, 2.45) is 0 Å². The summed E-state index contributed by atoms with van der Waals surface area (Å²) >= 11 is -2.39. The van der Waals surface area contributed by atoms with Crippen LogP contribution in [0.2, 0.25) is 13.3 Å². The maximum absolute atomic E-state index is 4.56. The second kappa shape index (κ2) is 8.90. The summed E-state index contributed by atoms with van der Waals surface area (Å²) in [4.78, 5) is 4.56. The number of hydrogen-bond acceptors (Lipinski definition) is 2. The maximum atomic E-state index is 4.56. The molecule has 122 valence electrons. The normalized spacial score (nSPS) is 12.1. The standard InChI is InChI=1S/C6H4N3.3C4H9.Sn/c1-2-7-4-6-5(1)3-8-9-6;3*1-3-4-2;/h2-4H,(H,8,9);3*1,3-4H2,2H3;. The van der Waals surface area contributed by atoms with Crippen LogP contribution in [0.25, 0.3) is 10.9 Å². The molecule has 2 heterocycles. The van der Waals surface area contributed by atoms with Crippen LogP contribution in [0.5, 0.6) is 0 Å².